The molecule has 106 valence electrons. The Labute approximate surface area is 123 Å². The first-order valence-electron chi connectivity index (χ1n) is 6.92. The maximum Gasteiger partial charge on any atom is 0.137 e. The Hall–Kier alpha value is -1.39. The molecule has 2 N–H and O–H groups in total. The molecule has 0 bridgehead atoms. The lowest BCUT2D eigenvalue weighted by atomic mass is 9.77. The Bertz CT molecular complexity index is 565. The highest BCUT2D eigenvalue weighted by molar-refractivity contribution is 6.30. The SMILES string of the molecule is CC(C1CC1)C(O)(Cc1ncn[nH]1)c1ccc(Cl)cc1. The minimum atomic E-state index is -0.939. The Morgan fingerprint density at radius 2 is 2.10 bits per heavy atom. The average molecular weight is 292 g/mol. The van der Waals surface area contributed by atoms with Gasteiger partial charge in [0.15, 0.2) is 0 Å². The first kappa shape index (κ1) is 13.6. The zero-order chi connectivity index (χ0) is 14.2. The van der Waals surface area contributed by atoms with Gasteiger partial charge >= 0.3 is 0 Å². The number of nitrogens with one attached hydrogen (secondary N) is 1. The van der Waals surface area contributed by atoms with E-state index >= 15 is 0 Å². The molecule has 2 unspecified atom stereocenters. The number of aromatic nitrogens is 3. The van der Waals surface area contributed by atoms with Crippen LogP contribution >= 0.6 is 11.6 Å². The van der Waals surface area contributed by atoms with Crippen LogP contribution in [0.25, 0.3) is 0 Å². The summed E-state index contributed by atoms with van der Waals surface area (Å²) in [6.07, 6.45) is 4.28. The van der Waals surface area contributed by atoms with Gasteiger partial charge < -0.3 is 5.11 Å². The molecule has 1 aliphatic carbocycles. The average Bonchev–Trinajstić information content (AvgIpc) is 3.17. The largest absolute Gasteiger partial charge is 0.384 e. The van der Waals surface area contributed by atoms with Crippen molar-refractivity contribution in [3.05, 3.63) is 47.0 Å². The van der Waals surface area contributed by atoms with Crippen molar-refractivity contribution in [1.29, 1.82) is 0 Å². The van der Waals surface area contributed by atoms with Crippen molar-refractivity contribution in [2.75, 3.05) is 0 Å². The molecule has 2 aromatic rings. The molecule has 2 atom stereocenters. The fourth-order valence-electron chi connectivity index (χ4n) is 2.82. The van der Waals surface area contributed by atoms with Crippen LogP contribution in [0.3, 0.4) is 0 Å². The van der Waals surface area contributed by atoms with E-state index in [0.29, 0.717) is 23.2 Å². The molecule has 1 saturated carbocycles. The van der Waals surface area contributed by atoms with Crippen LogP contribution < -0.4 is 0 Å². The van der Waals surface area contributed by atoms with E-state index in [-0.39, 0.29) is 5.92 Å². The second kappa shape index (κ2) is 5.19. The number of benzene rings is 1. The Morgan fingerprint density at radius 1 is 1.40 bits per heavy atom. The topological polar surface area (TPSA) is 61.8 Å². The van der Waals surface area contributed by atoms with Crippen LogP contribution in [0.1, 0.15) is 31.2 Å². The lowest BCUT2D eigenvalue weighted by molar-refractivity contribution is -0.0275. The molecular formula is C15H18ClN3O. The Balaban J connectivity index is 1.95. The quantitative estimate of drug-likeness (QED) is 0.890. The molecule has 0 radical (unpaired) electrons. The number of nitrogens with zero attached hydrogens (tertiary/aromatic N) is 2. The van der Waals surface area contributed by atoms with Crippen molar-refractivity contribution < 1.29 is 5.11 Å². The van der Waals surface area contributed by atoms with Crippen LogP contribution in [0.4, 0.5) is 0 Å². The zero-order valence-corrected chi connectivity index (χ0v) is 12.1. The summed E-state index contributed by atoms with van der Waals surface area (Å²) in [7, 11) is 0. The second-order valence-electron chi connectivity index (χ2n) is 5.67. The molecule has 5 heteroatoms. The monoisotopic (exact) mass is 291 g/mol. The molecule has 1 fully saturated rings. The van der Waals surface area contributed by atoms with Gasteiger partial charge in [-0.25, -0.2) is 4.98 Å². The van der Waals surface area contributed by atoms with Gasteiger partial charge in [0.2, 0.25) is 0 Å². The summed E-state index contributed by atoms with van der Waals surface area (Å²) >= 11 is 5.95. The third-order valence-corrected chi connectivity index (χ3v) is 4.58. The Kier molecular flexibility index (Phi) is 3.52. The van der Waals surface area contributed by atoms with E-state index in [0.717, 1.165) is 5.56 Å². The molecular weight excluding hydrogens is 274 g/mol. The van der Waals surface area contributed by atoms with Gasteiger partial charge in [-0.3, -0.25) is 5.10 Å². The van der Waals surface area contributed by atoms with Crippen LogP contribution in [0.2, 0.25) is 5.02 Å². The number of H-pyrrole nitrogens is 1. The van der Waals surface area contributed by atoms with Crippen molar-refractivity contribution in [3.8, 4) is 0 Å². The summed E-state index contributed by atoms with van der Waals surface area (Å²) in [5, 5.41) is 18.7. The van der Waals surface area contributed by atoms with Crippen LogP contribution in [-0.2, 0) is 12.0 Å². The number of aromatic amines is 1. The first-order valence-corrected chi connectivity index (χ1v) is 7.30. The summed E-state index contributed by atoms with van der Waals surface area (Å²) < 4.78 is 0. The van der Waals surface area contributed by atoms with Gasteiger partial charge in [-0.1, -0.05) is 30.7 Å². The summed E-state index contributed by atoms with van der Waals surface area (Å²) in [5.41, 5.74) is -0.0524. The van der Waals surface area contributed by atoms with Gasteiger partial charge in [0, 0.05) is 11.4 Å². The van der Waals surface area contributed by atoms with Crippen molar-refractivity contribution in [2.45, 2.75) is 31.8 Å². The molecule has 1 aliphatic rings. The minimum absolute atomic E-state index is 0.175. The van der Waals surface area contributed by atoms with E-state index in [4.69, 9.17) is 11.6 Å². The van der Waals surface area contributed by atoms with Crippen molar-refractivity contribution in [3.63, 3.8) is 0 Å². The lowest BCUT2D eigenvalue weighted by Crippen LogP contribution is -2.37. The summed E-state index contributed by atoms with van der Waals surface area (Å²) in [6.45, 7) is 2.11. The number of aliphatic hydroxyl groups is 1. The predicted molar refractivity (Wildman–Crippen MR) is 77.3 cm³/mol. The first-order chi connectivity index (χ1) is 9.59. The molecule has 20 heavy (non-hydrogen) atoms. The maximum absolute atomic E-state index is 11.3. The molecule has 1 aromatic heterocycles. The van der Waals surface area contributed by atoms with E-state index in [2.05, 4.69) is 22.1 Å². The van der Waals surface area contributed by atoms with Gasteiger partial charge in [0.25, 0.3) is 0 Å². The highest BCUT2D eigenvalue weighted by atomic mass is 35.5. The zero-order valence-electron chi connectivity index (χ0n) is 11.4. The summed E-state index contributed by atoms with van der Waals surface area (Å²) in [5.74, 6) is 1.46. The molecule has 4 nitrogen and oxygen atoms in total. The van der Waals surface area contributed by atoms with Gasteiger partial charge in [-0.2, -0.15) is 5.10 Å². The second-order valence-corrected chi connectivity index (χ2v) is 6.10. The van der Waals surface area contributed by atoms with E-state index in [1.54, 1.807) is 0 Å². The van der Waals surface area contributed by atoms with Crippen LogP contribution in [0.15, 0.2) is 30.6 Å². The van der Waals surface area contributed by atoms with E-state index in [9.17, 15) is 5.11 Å². The van der Waals surface area contributed by atoms with Crippen LogP contribution in [-0.4, -0.2) is 20.3 Å². The highest BCUT2D eigenvalue weighted by Crippen LogP contribution is 2.47. The molecule has 3 rings (SSSR count). The lowest BCUT2D eigenvalue weighted by Gasteiger charge is -2.34. The fraction of sp³-hybridized carbons (Fsp3) is 0.467. The standard InChI is InChI=1S/C15H18ClN3O/c1-10(11-2-3-11)15(20,8-14-17-9-18-19-14)12-4-6-13(16)7-5-12/h4-7,9-11,20H,2-3,8H2,1H3,(H,17,18,19). The highest BCUT2D eigenvalue weighted by Gasteiger charge is 2.44. The maximum atomic E-state index is 11.3. The number of halogens is 1. The minimum Gasteiger partial charge on any atom is -0.384 e. The number of hydrogen-bond acceptors (Lipinski definition) is 3. The third-order valence-electron chi connectivity index (χ3n) is 4.33. The number of hydrogen-bond donors (Lipinski definition) is 2. The van der Waals surface area contributed by atoms with Gasteiger partial charge in [-0.15, -0.1) is 0 Å². The van der Waals surface area contributed by atoms with Gasteiger partial charge in [0.05, 0.1) is 5.60 Å². The third kappa shape index (κ3) is 2.58. The van der Waals surface area contributed by atoms with E-state index in [1.165, 1.54) is 19.2 Å². The Morgan fingerprint density at radius 3 is 2.65 bits per heavy atom. The molecule has 1 aromatic carbocycles. The fourth-order valence-corrected chi connectivity index (χ4v) is 2.95. The molecule has 0 aliphatic heterocycles. The van der Waals surface area contributed by atoms with E-state index < -0.39 is 5.60 Å². The van der Waals surface area contributed by atoms with Crippen molar-refractivity contribution >= 4 is 11.6 Å². The smallest absolute Gasteiger partial charge is 0.137 e. The van der Waals surface area contributed by atoms with Crippen molar-refractivity contribution in [1.82, 2.24) is 15.2 Å². The molecule has 1 heterocycles. The van der Waals surface area contributed by atoms with Gasteiger partial charge in [0.1, 0.15) is 12.2 Å². The van der Waals surface area contributed by atoms with Gasteiger partial charge in [-0.05, 0) is 42.4 Å². The molecule has 0 spiro atoms. The predicted octanol–water partition coefficient (Wildman–Crippen LogP) is 2.93. The molecule has 0 saturated heterocycles. The van der Waals surface area contributed by atoms with Crippen LogP contribution in [0.5, 0.6) is 0 Å². The number of rotatable bonds is 5. The van der Waals surface area contributed by atoms with Crippen LogP contribution in [0, 0.1) is 11.8 Å². The van der Waals surface area contributed by atoms with Crippen molar-refractivity contribution in [2.24, 2.45) is 11.8 Å². The molecule has 0 amide bonds. The normalized spacial score (nSPS) is 19.6. The summed E-state index contributed by atoms with van der Waals surface area (Å²) in [4.78, 5) is 4.15. The summed E-state index contributed by atoms with van der Waals surface area (Å²) in [6, 6.07) is 7.44. The van der Waals surface area contributed by atoms with E-state index in [1.807, 2.05) is 24.3 Å².